The molecule has 5 heteroatoms. The topological polar surface area (TPSA) is 40.0 Å². The standard InChI is InChI=1S/C45H32N4S/c1-3-13-29(14-4-1)43-46-44(30-15-5-2-6-16-30)48-45(47-43)32-17-11-18-33(27-32)49-39-23-9-7-19-35(39)38-28-31(25-26-40(38)49)34-21-12-22-37-36-20-8-10-24-41(36)50-42(34)37/h1-28,38,40,43H,(H,46,47,48). The highest BCUT2D eigenvalue weighted by Crippen LogP contribution is 2.50. The third-order valence-corrected chi connectivity index (χ3v) is 11.3. The van der Waals surface area contributed by atoms with Gasteiger partial charge in [0.05, 0.1) is 6.04 Å². The van der Waals surface area contributed by atoms with Crippen LogP contribution < -0.4 is 10.2 Å². The second-order valence-electron chi connectivity index (χ2n) is 13.0. The predicted molar refractivity (Wildman–Crippen MR) is 210 cm³/mol. The Bertz CT molecular complexity index is 2540. The number of nitrogens with one attached hydrogen (secondary N) is 1. The van der Waals surface area contributed by atoms with Crippen molar-refractivity contribution in [1.29, 1.82) is 0 Å². The second-order valence-corrected chi connectivity index (χ2v) is 14.0. The van der Waals surface area contributed by atoms with E-state index in [-0.39, 0.29) is 18.1 Å². The lowest BCUT2D eigenvalue weighted by atomic mass is 9.86. The molecule has 50 heavy (non-hydrogen) atoms. The number of fused-ring (bicyclic) bond motifs is 6. The van der Waals surface area contributed by atoms with Crippen LogP contribution in [0.2, 0.25) is 0 Å². The van der Waals surface area contributed by atoms with Crippen LogP contribution in [0.3, 0.4) is 0 Å². The van der Waals surface area contributed by atoms with E-state index in [2.05, 4.69) is 144 Å². The van der Waals surface area contributed by atoms with E-state index in [1.54, 1.807) is 0 Å². The Balaban J connectivity index is 1.03. The van der Waals surface area contributed by atoms with E-state index < -0.39 is 0 Å². The minimum Gasteiger partial charge on any atom is -0.333 e. The molecule has 0 saturated heterocycles. The number of rotatable bonds is 5. The van der Waals surface area contributed by atoms with Crippen LogP contribution in [-0.2, 0) is 0 Å². The van der Waals surface area contributed by atoms with Gasteiger partial charge in [0.15, 0.2) is 6.17 Å². The molecule has 7 aromatic rings. The van der Waals surface area contributed by atoms with Crippen molar-refractivity contribution in [2.45, 2.75) is 18.1 Å². The molecule has 6 aromatic carbocycles. The maximum atomic E-state index is 5.15. The molecule has 0 spiro atoms. The summed E-state index contributed by atoms with van der Waals surface area (Å²) in [6, 6.07) is 53.9. The van der Waals surface area contributed by atoms with E-state index in [4.69, 9.17) is 9.98 Å². The first kappa shape index (κ1) is 28.9. The van der Waals surface area contributed by atoms with Gasteiger partial charge in [0.1, 0.15) is 11.7 Å². The van der Waals surface area contributed by atoms with Crippen LogP contribution >= 0.6 is 11.3 Å². The number of amidine groups is 2. The lowest BCUT2D eigenvalue weighted by Crippen LogP contribution is -2.36. The summed E-state index contributed by atoms with van der Waals surface area (Å²) in [5.41, 5.74) is 9.46. The van der Waals surface area contributed by atoms with Crippen molar-refractivity contribution >= 4 is 60.1 Å². The summed E-state index contributed by atoms with van der Waals surface area (Å²) in [7, 11) is 0. The fourth-order valence-electron chi connectivity index (χ4n) is 7.72. The Hall–Kier alpha value is -6.04. The van der Waals surface area contributed by atoms with Gasteiger partial charge in [-0.25, -0.2) is 9.98 Å². The molecule has 2 aliphatic heterocycles. The summed E-state index contributed by atoms with van der Waals surface area (Å²) >= 11 is 1.89. The summed E-state index contributed by atoms with van der Waals surface area (Å²) in [5, 5.41) is 6.25. The van der Waals surface area contributed by atoms with Crippen LogP contribution in [0.5, 0.6) is 0 Å². The van der Waals surface area contributed by atoms with Crippen LogP contribution in [0.15, 0.2) is 180 Å². The van der Waals surface area contributed by atoms with Crippen molar-refractivity contribution in [3.05, 3.63) is 198 Å². The molecule has 0 amide bonds. The average Bonchev–Trinajstić information content (AvgIpc) is 3.74. The van der Waals surface area contributed by atoms with E-state index >= 15 is 0 Å². The molecule has 1 aliphatic carbocycles. The van der Waals surface area contributed by atoms with Crippen molar-refractivity contribution in [3.63, 3.8) is 0 Å². The van der Waals surface area contributed by atoms with Crippen LogP contribution in [0.4, 0.5) is 11.4 Å². The number of nitrogens with zero attached hydrogens (tertiary/aromatic N) is 3. The molecule has 0 bridgehead atoms. The Kier molecular flexibility index (Phi) is 6.84. The molecular formula is C45H32N4S. The molecule has 4 nitrogen and oxygen atoms in total. The van der Waals surface area contributed by atoms with Gasteiger partial charge in [0, 0.05) is 48.6 Å². The number of para-hydroxylation sites is 1. The van der Waals surface area contributed by atoms with Crippen molar-refractivity contribution in [1.82, 2.24) is 5.32 Å². The van der Waals surface area contributed by atoms with Crippen molar-refractivity contribution in [3.8, 4) is 0 Å². The molecule has 3 aliphatic rings. The first-order chi connectivity index (χ1) is 24.8. The van der Waals surface area contributed by atoms with Crippen molar-refractivity contribution in [2.24, 2.45) is 9.98 Å². The second kappa shape index (κ2) is 11.8. The first-order valence-electron chi connectivity index (χ1n) is 17.1. The molecule has 238 valence electrons. The third-order valence-electron chi connectivity index (χ3n) is 10.1. The van der Waals surface area contributed by atoms with Gasteiger partial charge in [-0.1, -0.05) is 146 Å². The van der Waals surface area contributed by atoms with Gasteiger partial charge in [0.2, 0.25) is 0 Å². The number of benzene rings is 6. The van der Waals surface area contributed by atoms with Gasteiger partial charge in [-0.3, -0.25) is 0 Å². The van der Waals surface area contributed by atoms with Gasteiger partial charge >= 0.3 is 0 Å². The quantitative estimate of drug-likeness (QED) is 0.200. The Morgan fingerprint density at radius 1 is 0.620 bits per heavy atom. The largest absolute Gasteiger partial charge is 0.333 e. The number of allylic oxidation sites excluding steroid dienone is 2. The average molecular weight is 661 g/mol. The highest BCUT2D eigenvalue weighted by molar-refractivity contribution is 7.26. The smallest absolute Gasteiger partial charge is 0.169 e. The van der Waals surface area contributed by atoms with E-state index in [1.165, 1.54) is 42.6 Å². The monoisotopic (exact) mass is 660 g/mol. The van der Waals surface area contributed by atoms with Gasteiger partial charge in [-0.15, -0.1) is 11.3 Å². The highest BCUT2D eigenvalue weighted by Gasteiger charge is 2.38. The number of thiophene rings is 1. The Labute approximate surface area is 295 Å². The fourth-order valence-corrected chi connectivity index (χ4v) is 8.96. The summed E-state index contributed by atoms with van der Waals surface area (Å²) < 4.78 is 2.69. The predicted octanol–water partition coefficient (Wildman–Crippen LogP) is 10.8. The molecule has 0 saturated carbocycles. The van der Waals surface area contributed by atoms with E-state index in [0.29, 0.717) is 0 Å². The normalized spacial score (nSPS) is 19.4. The summed E-state index contributed by atoms with van der Waals surface area (Å²) in [5.74, 6) is 1.86. The third kappa shape index (κ3) is 4.81. The molecule has 0 radical (unpaired) electrons. The zero-order valence-corrected chi connectivity index (χ0v) is 28.0. The van der Waals surface area contributed by atoms with Gasteiger partial charge in [-0.2, -0.15) is 0 Å². The summed E-state index contributed by atoms with van der Waals surface area (Å²) in [6.45, 7) is 0. The SMILES string of the molecule is C1=CC2C(C=C1c1cccc3c1sc1ccccc13)c1ccccc1N2c1cccc(C2=NC(c3ccccc3)N=C(c3ccccc3)N2)c1. The molecule has 3 atom stereocenters. The summed E-state index contributed by atoms with van der Waals surface area (Å²) in [4.78, 5) is 12.7. The zero-order valence-electron chi connectivity index (χ0n) is 27.1. The fraction of sp³-hybridized carbons (Fsp3) is 0.0667. The van der Waals surface area contributed by atoms with E-state index in [9.17, 15) is 0 Å². The van der Waals surface area contributed by atoms with E-state index in [0.717, 1.165) is 34.0 Å². The Morgan fingerprint density at radius 3 is 2.20 bits per heavy atom. The lowest BCUT2D eigenvalue weighted by molar-refractivity contribution is 0.746. The molecule has 0 fully saturated rings. The first-order valence-corrected chi connectivity index (χ1v) is 17.9. The van der Waals surface area contributed by atoms with Gasteiger partial charge < -0.3 is 10.2 Å². The van der Waals surface area contributed by atoms with E-state index in [1.807, 2.05) is 47.7 Å². The van der Waals surface area contributed by atoms with Crippen LogP contribution in [0, 0.1) is 0 Å². The molecule has 1 aromatic heterocycles. The Morgan fingerprint density at radius 2 is 1.32 bits per heavy atom. The molecule has 1 N–H and O–H groups in total. The minimum atomic E-state index is -0.335. The molecule has 3 heterocycles. The highest BCUT2D eigenvalue weighted by atomic mass is 32.1. The molecule has 3 unspecified atom stereocenters. The number of hydrogen-bond acceptors (Lipinski definition) is 5. The molecular weight excluding hydrogens is 629 g/mol. The summed E-state index contributed by atoms with van der Waals surface area (Å²) in [6.07, 6.45) is 6.90. The minimum absolute atomic E-state index is 0.160. The van der Waals surface area contributed by atoms with Crippen LogP contribution in [0.1, 0.15) is 39.9 Å². The number of anilines is 2. The van der Waals surface area contributed by atoms with Crippen molar-refractivity contribution in [2.75, 3.05) is 4.90 Å². The van der Waals surface area contributed by atoms with Gasteiger partial charge in [0.25, 0.3) is 0 Å². The van der Waals surface area contributed by atoms with Crippen molar-refractivity contribution < 1.29 is 0 Å². The number of aliphatic imine (C=N–C) groups is 2. The van der Waals surface area contributed by atoms with Gasteiger partial charge in [-0.05, 0) is 46.5 Å². The number of hydrogen-bond donors (Lipinski definition) is 1. The zero-order chi connectivity index (χ0) is 33.0. The maximum absolute atomic E-state index is 5.15. The van der Waals surface area contributed by atoms with Crippen LogP contribution in [-0.4, -0.2) is 17.7 Å². The molecule has 10 rings (SSSR count). The van der Waals surface area contributed by atoms with Crippen LogP contribution in [0.25, 0.3) is 25.7 Å². The lowest BCUT2D eigenvalue weighted by Gasteiger charge is -2.30. The maximum Gasteiger partial charge on any atom is 0.169 e.